The Morgan fingerprint density at radius 1 is 0.607 bits per heavy atom. The number of benzene rings is 3. The summed E-state index contributed by atoms with van der Waals surface area (Å²) in [5.74, 6) is 12.3. The van der Waals surface area contributed by atoms with Crippen LogP contribution in [-0.4, -0.2) is 4.57 Å². The highest BCUT2D eigenvalue weighted by molar-refractivity contribution is 5.66. The van der Waals surface area contributed by atoms with E-state index in [-0.39, 0.29) is 0 Å². The quantitative estimate of drug-likeness (QED) is 0.396. The third-order valence-corrected chi connectivity index (χ3v) is 4.48. The van der Waals surface area contributed by atoms with Gasteiger partial charge in [-0.25, -0.2) is 0 Å². The smallest absolute Gasteiger partial charge is 0.0981 e. The van der Waals surface area contributed by atoms with Crippen LogP contribution in [0.1, 0.15) is 16.8 Å². The summed E-state index contributed by atoms with van der Waals surface area (Å²) in [6, 6.07) is 32.9. The van der Waals surface area contributed by atoms with Crippen molar-refractivity contribution < 1.29 is 0 Å². The predicted octanol–water partition coefficient (Wildman–Crippen LogP) is 5.86. The van der Waals surface area contributed by atoms with Crippen molar-refractivity contribution >= 4 is 0 Å². The normalized spacial score (nSPS) is 9.75. The Balaban J connectivity index is 1.76. The van der Waals surface area contributed by atoms with Crippen LogP contribution in [-0.2, 0) is 0 Å². The molecule has 1 heteroatoms. The first-order chi connectivity index (χ1) is 13.8. The summed E-state index contributed by atoms with van der Waals surface area (Å²) >= 11 is 0. The number of aromatic nitrogens is 1. The molecule has 1 heterocycles. The second-order valence-corrected chi connectivity index (χ2v) is 6.51. The molecule has 0 N–H and O–H groups in total. The summed E-state index contributed by atoms with van der Waals surface area (Å²) in [5, 5.41) is 0. The zero-order valence-corrected chi connectivity index (χ0v) is 15.7. The van der Waals surface area contributed by atoms with Crippen molar-refractivity contribution in [2.24, 2.45) is 0 Å². The van der Waals surface area contributed by atoms with Crippen molar-refractivity contribution in [2.45, 2.75) is 6.92 Å². The molecule has 0 radical (unpaired) electrons. The minimum atomic E-state index is 0.921. The minimum Gasteiger partial charge on any atom is -0.303 e. The van der Waals surface area contributed by atoms with Gasteiger partial charge in [-0.05, 0) is 66.6 Å². The maximum atomic E-state index is 3.23. The molecule has 4 aromatic rings. The Morgan fingerprint density at radius 3 is 1.96 bits per heavy atom. The number of hydrogen-bond donors (Lipinski definition) is 0. The molecule has 1 nitrogen and oxygen atoms in total. The monoisotopic (exact) mass is 357 g/mol. The first-order valence-corrected chi connectivity index (χ1v) is 9.22. The third kappa shape index (κ3) is 3.90. The lowest BCUT2D eigenvalue weighted by molar-refractivity contribution is 1.06. The Labute approximate surface area is 166 Å². The number of nitrogens with zero attached hydrogens (tertiary/aromatic N) is 1. The molecule has 132 valence electrons. The van der Waals surface area contributed by atoms with E-state index in [0.717, 1.165) is 28.2 Å². The zero-order chi connectivity index (χ0) is 19.2. The highest BCUT2D eigenvalue weighted by Crippen LogP contribution is 2.26. The van der Waals surface area contributed by atoms with Crippen LogP contribution in [0, 0.1) is 30.6 Å². The summed E-state index contributed by atoms with van der Waals surface area (Å²) < 4.78 is 2.19. The molecule has 0 aliphatic rings. The van der Waals surface area contributed by atoms with E-state index in [1.165, 1.54) is 5.56 Å². The van der Waals surface area contributed by atoms with Crippen LogP contribution in [0.2, 0.25) is 0 Å². The molecule has 4 rings (SSSR count). The summed E-state index contributed by atoms with van der Waals surface area (Å²) in [5.41, 5.74) is 6.49. The predicted molar refractivity (Wildman–Crippen MR) is 116 cm³/mol. The lowest BCUT2D eigenvalue weighted by atomic mass is 10.1. The maximum absolute atomic E-state index is 3.23. The van der Waals surface area contributed by atoms with Crippen molar-refractivity contribution in [1.82, 2.24) is 4.57 Å². The molecular formula is C27H19N. The average molecular weight is 357 g/mol. The van der Waals surface area contributed by atoms with E-state index in [1.807, 2.05) is 36.4 Å². The Kier molecular flexibility index (Phi) is 5.10. The standard InChI is InChI=1S/C27H19N/c1-22-16-18-26(19-17-22)28-25(15-9-8-12-23-10-4-2-5-11-23)20-21-27(28)24-13-6-3-7-14-24/h2-7,10-11,13-14,16-21H,1H3. The van der Waals surface area contributed by atoms with E-state index in [0.29, 0.717) is 0 Å². The molecule has 0 saturated heterocycles. The number of aryl methyl sites for hydroxylation is 1. The first kappa shape index (κ1) is 17.5. The van der Waals surface area contributed by atoms with Gasteiger partial charge in [-0.15, -0.1) is 0 Å². The van der Waals surface area contributed by atoms with Gasteiger partial charge in [0.25, 0.3) is 0 Å². The summed E-state index contributed by atoms with van der Waals surface area (Å²) in [7, 11) is 0. The Hall–Kier alpha value is -3.94. The van der Waals surface area contributed by atoms with Crippen LogP contribution in [0.25, 0.3) is 16.9 Å². The van der Waals surface area contributed by atoms with Crippen LogP contribution in [0.5, 0.6) is 0 Å². The summed E-state index contributed by atoms with van der Waals surface area (Å²) in [6.45, 7) is 2.09. The number of rotatable bonds is 2. The lowest BCUT2D eigenvalue weighted by Gasteiger charge is -2.12. The highest BCUT2D eigenvalue weighted by Gasteiger charge is 2.10. The minimum absolute atomic E-state index is 0.921. The largest absolute Gasteiger partial charge is 0.303 e. The van der Waals surface area contributed by atoms with Gasteiger partial charge in [0.2, 0.25) is 0 Å². The molecule has 0 bridgehead atoms. The summed E-state index contributed by atoms with van der Waals surface area (Å²) in [4.78, 5) is 0. The van der Waals surface area contributed by atoms with Crippen molar-refractivity contribution in [3.63, 3.8) is 0 Å². The fraction of sp³-hybridized carbons (Fsp3) is 0.0370. The molecule has 0 aliphatic carbocycles. The fourth-order valence-electron chi connectivity index (χ4n) is 3.06. The van der Waals surface area contributed by atoms with Gasteiger partial charge < -0.3 is 4.57 Å². The van der Waals surface area contributed by atoms with Gasteiger partial charge in [0.15, 0.2) is 0 Å². The average Bonchev–Trinajstić information content (AvgIpc) is 3.17. The van der Waals surface area contributed by atoms with Gasteiger partial charge in [-0.3, -0.25) is 0 Å². The second-order valence-electron chi connectivity index (χ2n) is 6.51. The van der Waals surface area contributed by atoms with Gasteiger partial charge in [-0.2, -0.15) is 0 Å². The van der Waals surface area contributed by atoms with Crippen molar-refractivity contribution in [2.75, 3.05) is 0 Å². The van der Waals surface area contributed by atoms with Crippen LogP contribution in [0.15, 0.2) is 97.1 Å². The van der Waals surface area contributed by atoms with E-state index in [9.17, 15) is 0 Å². The molecule has 0 amide bonds. The Morgan fingerprint density at radius 2 is 1.25 bits per heavy atom. The molecule has 0 unspecified atom stereocenters. The zero-order valence-electron chi connectivity index (χ0n) is 15.7. The van der Waals surface area contributed by atoms with Gasteiger partial charge in [-0.1, -0.05) is 72.1 Å². The van der Waals surface area contributed by atoms with Crippen LogP contribution < -0.4 is 0 Å². The van der Waals surface area contributed by atoms with E-state index in [1.54, 1.807) is 0 Å². The molecule has 28 heavy (non-hydrogen) atoms. The molecule has 0 saturated carbocycles. The van der Waals surface area contributed by atoms with Crippen LogP contribution in [0.3, 0.4) is 0 Å². The topological polar surface area (TPSA) is 4.93 Å². The molecule has 0 atom stereocenters. The molecule has 0 aliphatic heterocycles. The van der Waals surface area contributed by atoms with Crippen molar-refractivity contribution in [3.05, 3.63) is 114 Å². The van der Waals surface area contributed by atoms with E-state index < -0.39 is 0 Å². The maximum Gasteiger partial charge on any atom is 0.0981 e. The van der Waals surface area contributed by atoms with E-state index in [4.69, 9.17) is 0 Å². The summed E-state index contributed by atoms with van der Waals surface area (Å²) in [6.07, 6.45) is 0. The van der Waals surface area contributed by atoms with Crippen molar-refractivity contribution in [3.8, 4) is 40.6 Å². The van der Waals surface area contributed by atoms with Crippen LogP contribution in [0.4, 0.5) is 0 Å². The molecule has 0 fully saturated rings. The van der Waals surface area contributed by atoms with Crippen LogP contribution >= 0.6 is 0 Å². The van der Waals surface area contributed by atoms with Gasteiger partial charge >= 0.3 is 0 Å². The van der Waals surface area contributed by atoms with Gasteiger partial charge in [0.05, 0.1) is 11.4 Å². The highest BCUT2D eigenvalue weighted by atomic mass is 15.0. The van der Waals surface area contributed by atoms with Gasteiger partial charge in [0.1, 0.15) is 0 Å². The lowest BCUT2D eigenvalue weighted by Crippen LogP contribution is -1.99. The molecule has 0 spiro atoms. The first-order valence-electron chi connectivity index (χ1n) is 9.22. The molecule has 1 aromatic heterocycles. The fourth-order valence-corrected chi connectivity index (χ4v) is 3.06. The van der Waals surface area contributed by atoms with E-state index >= 15 is 0 Å². The number of hydrogen-bond acceptors (Lipinski definition) is 0. The second kappa shape index (κ2) is 8.17. The van der Waals surface area contributed by atoms with E-state index in [2.05, 4.69) is 95.8 Å². The molecular weight excluding hydrogens is 338 g/mol. The Bertz CT molecular complexity index is 1190. The van der Waals surface area contributed by atoms with Gasteiger partial charge in [0, 0.05) is 11.3 Å². The SMILES string of the molecule is Cc1ccc(-n2c(C#CC#Cc3ccccc3)ccc2-c2ccccc2)cc1. The van der Waals surface area contributed by atoms with Crippen molar-refractivity contribution in [1.29, 1.82) is 0 Å². The third-order valence-electron chi connectivity index (χ3n) is 4.48. The molecule has 3 aromatic carbocycles.